The highest BCUT2D eigenvalue weighted by Crippen LogP contribution is 2.23. The van der Waals surface area contributed by atoms with Gasteiger partial charge in [-0.2, -0.15) is 0 Å². The molecule has 0 spiro atoms. The molecule has 4 nitrogen and oxygen atoms in total. The van der Waals surface area contributed by atoms with Gasteiger partial charge in [-0.15, -0.1) is 0 Å². The molecule has 4 rings (SSSR count). The maximum Gasteiger partial charge on any atom is 0.197 e. The smallest absolute Gasteiger partial charge is 0.197 e. The molecule has 0 saturated heterocycles. The summed E-state index contributed by atoms with van der Waals surface area (Å²) in [6, 6.07) is 18.6. The molecular formula is C23H20N2O2. The number of para-hydroxylation sites is 1. The van der Waals surface area contributed by atoms with E-state index in [1.807, 2.05) is 61.0 Å². The van der Waals surface area contributed by atoms with Crippen molar-refractivity contribution >= 4 is 33.3 Å². The Morgan fingerprint density at radius 3 is 2.48 bits per heavy atom. The van der Waals surface area contributed by atoms with Crippen LogP contribution in [0.5, 0.6) is 0 Å². The van der Waals surface area contributed by atoms with Crippen LogP contribution in [0.3, 0.4) is 0 Å². The van der Waals surface area contributed by atoms with Gasteiger partial charge in [-0.25, -0.2) is 0 Å². The van der Waals surface area contributed by atoms with Gasteiger partial charge in [0, 0.05) is 41.7 Å². The van der Waals surface area contributed by atoms with Crippen molar-refractivity contribution < 1.29 is 4.79 Å². The molecule has 3 aromatic carbocycles. The van der Waals surface area contributed by atoms with E-state index in [0.29, 0.717) is 21.9 Å². The number of anilines is 1. The Bertz CT molecular complexity index is 1270. The van der Waals surface area contributed by atoms with Gasteiger partial charge in [0.2, 0.25) is 0 Å². The number of aryl methyl sites for hydroxylation is 2. The number of hydrogen-bond acceptors (Lipinski definition) is 3. The van der Waals surface area contributed by atoms with E-state index in [1.54, 1.807) is 25.2 Å². The van der Waals surface area contributed by atoms with Gasteiger partial charge in [-0.3, -0.25) is 9.59 Å². The zero-order chi connectivity index (χ0) is 19.1. The summed E-state index contributed by atoms with van der Waals surface area (Å²) in [6.45, 7) is 1.98. The highest BCUT2D eigenvalue weighted by Gasteiger charge is 2.15. The third-order valence-electron chi connectivity index (χ3n) is 5.06. The standard InChI is InChI=1S/C23H20N2O2/c1-14-8-11-20-18(12-14)23(27)17-10-9-15(13-21(17)25(20)3)22(26)16-6-4-5-7-19(16)24-2/h4-13,24H,1-3H3. The van der Waals surface area contributed by atoms with Crippen LogP contribution in [-0.2, 0) is 7.05 Å². The summed E-state index contributed by atoms with van der Waals surface area (Å²) in [5, 5.41) is 4.38. The number of carbonyl (C=O) groups excluding carboxylic acids is 1. The van der Waals surface area contributed by atoms with E-state index in [0.717, 1.165) is 22.3 Å². The van der Waals surface area contributed by atoms with Gasteiger partial charge in [-0.05, 0) is 43.3 Å². The predicted octanol–water partition coefficient (Wildman–Crippen LogP) is 4.27. The number of ketones is 1. The molecule has 0 aliphatic heterocycles. The van der Waals surface area contributed by atoms with E-state index >= 15 is 0 Å². The Labute approximate surface area is 157 Å². The molecule has 0 unspecified atom stereocenters. The number of fused-ring (bicyclic) bond motifs is 2. The molecule has 0 atom stereocenters. The monoisotopic (exact) mass is 356 g/mol. The highest BCUT2D eigenvalue weighted by atomic mass is 16.1. The zero-order valence-corrected chi connectivity index (χ0v) is 15.5. The number of nitrogens with zero attached hydrogens (tertiary/aromatic N) is 1. The van der Waals surface area contributed by atoms with E-state index in [-0.39, 0.29) is 11.2 Å². The lowest BCUT2D eigenvalue weighted by Gasteiger charge is -2.13. The zero-order valence-electron chi connectivity index (χ0n) is 15.5. The first-order valence-electron chi connectivity index (χ1n) is 8.86. The van der Waals surface area contributed by atoms with Gasteiger partial charge < -0.3 is 9.88 Å². The van der Waals surface area contributed by atoms with Gasteiger partial charge in [-0.1, -0.05) is 29.8 Å². The molecule has 1 aromatic heterocycles. The molecule has 4 heteroatoms. The number of aromatic nitrogens is 1. The van der Waals surface area contributed by atoms with Crippen molar-refractivity contribution in [1.29, 1.82) is 0 Å². The number of rotatable bonds is 3. The van der Waals surface area contributed by atoms with Crippen LogP contribution in [-0.4, -0.2) is 17.4 Å². The van der Waals surface area contributed by atoms with Gasteiger partial charge in [0.1, 0.15) is 0 Å². The molecule has 0 amide bonds. The summed E-state index contributed by atoms with van der Waals surface area (Å²) in [5.41, 5.74) is 4.62. The second kappa shape index (κ2) is 6.40. The SMILES string of the molecule is CNc1ccccc1C(=O)c1ccc2c(=O)c3cc(C)ccc3n(C)c2c1. The van der Waals surface area contributed by atoms with Crippen LogP contribution >= 0.6 is 0 Å². The second-order valence-corrected chi connectivity index (χ2v) is 6.77. The van der Waals surface area contributed by atoms with E-state index in [1.165, 1.54) is 0 Å². The number of nitrogens with one attached hydrogen (secondary N) is 1. The van der Waals surface area contributed by atoms with Crippen molar-refractivity contribution in [1.82, 2.24) is 4.57 Å². The Morgan fingerprint density at radius 1 is 0.926 bits per heavy atom. The van der Waals surface area contributed by atoms with Crippen molar-refractivity contribution in [3.8, 4) is 0 Å². The van der Waals surface area contributed by atoms with Crippen LogP contribution in [0, 0.1) is 6.92 Å². The molecule has 1 N–H and O–H groups in total. The molecule has 1 heterocycles. The summed E-state index contributed by atoms with van der Waals surface area (Å²) in [7, 11) is 3.72. The molecule has 134 valence electrons. The normalized spacial score (nSPS) is 11.1. The summed E-state index contributed by atoms with van der Waals surface area (Å²) < 4.78 is 1.98. The molecule has 0 radical (unpaired) electrons. The minimum absolute atomic E-state index is 0.00331. The van der Waals surface area contributed by atoms with Crippen molar-refractivity contribution in [2.75, 3.05) is 12.4 Å². The molecule has 27 heavy (non-hydrogen) atoms. The Morgan fingerprint density at radius 2 is 1.70 bits per heavy atom. The highest BCUT2D eigenvalue weighted by molar-refractivity contribution is 6.13. The van der Waals surface area contributed by atoms with Crippen molar-refractivity contribution in [3.05, 3.63) is 87.6 Å². The third kappa shape index (κ3) is 2.70. The molecule has 0 fully saturated rings. The first-order chi connectivity index (χ1) is 13.0. The fourth-order valence-corrected chi connectivity index (χ4v) is 3.60. The average Bonchev–Trinajstić information content (AvgIpc) is 2.71. The second-order valence-electron chi connectivity index (χ2n) is 6.77. The molecule has 0 aliphatic carbocycles. The maximum absolute atomic E-state index is 13.0. The number of pyridine rings is 1. The number of carbonyl (C=O) groups is 1. The van der Waals surface area contributed by atoms with E-state index in [2.05, 4.69) is 5.32 Å². The van der Waals surface area contributed by atoms with Crippen LogP contribution < -0.4 is 10.7 Å². The maximum atomic E-state index is 13.0. The van der Waals surface area contributed by atoms with Gasteiger partial charge in [0.05, 0.1) is 11.0 Å². The van der Waals surface area contributed by atoms with Gasteiger partial charge >= 0.3 is 0 Å². The summed E-state index contributed by atoms with van der Waals surface area (Å²) >= 11 is 0. The summed E-state index contributed by atoms with van der Waals surface area (Å²) in [4.78, 5) is 26.0. The topological polar surface area (TPSA) is 51.1 Å². The average molecular weight is 356 g/mol. The molecule has 4 aromatic rings. The summed E-state index contributed by atoms with van der Waals surface area (Å²) in [5.74, 6) is -0.0710. The van der Waals surface area contributed by atoms with E-state index in [9.17, 15) is 9.59 Å². The van der Waals surface area contributed by atoms with E-state index < -0.39 is 0 Å². The van der Waals surface area contributed by atoms with Crippen LogP contribution in [0.1, 0.15) is 21.5 Å². The fourth-order valence-electron chi connectivity index (χ4n) is 3.60. The van der Waals surface area contributed by atoms with Crippen molar-refractivity contribution in [2.45, 2.75) is 6.92 Å². The minimum Gasteiger partial charge on any atom is -0.388 e. The van der Waals surface area contributed by atoms with Gasteiger partial charge in [0.25, 0.3) is 0 Å². The largest absolute Gasteiger partial charge is 0.388 e. The van der Waals surface area contributed by atoms with Crippen LogP contribution in [0.25, 0.3) is 21.8 Å². The quantitative estimate of drug-likeness (QED) is 0.440. The van der Waals surface area contributed by atoms with Gasteiger partial charge in [0.15, 0.2) is 11.2 Å². The number of benzene rings is 3. The van der Waals surface area contributed by atoms with Crippen LogP contribution in [0.4, 0.5) is 5.69 Å². The van der Waals surface area contributed by atoms with E-state index in [4.69, 9.17) is 0 Å². The lowest BCUT2D eigenvalue weighted by molar-refractivity contribution is 0.103. The van der Waals surface area contributed by atoms with Crippen molar-refractivity contribution in [2.24, 2.45) is 7.05 Å². The Hall–Kier alpha value is -3.40. The van der Waals surface area contributed by atoms with Crippen LogP contribution in [0.15, 0.2) is 65.5 Å². The minimum atomic E-state index is -0.0710. The lowest BCUT2D eigenvalue weighted by Crippen LogP contribution is -2.11. The molecule has 0 saturated carbocycles. The van der Waals surface area contributed by atoms with Crippen LogP contribution in [0.2, 0.25) is 0 Å². The first-order valence-corrected chi connectivity index (χ1v) is 8.86. The fraction of sp³-hybridized carbons (Fsp3) is 0.130. The third-order valence-corrected chi connectivity index (χ3v) is 5.06. The molecule has 0 bridgehead atoms. The molecule has 0 aliphatic rings. The Kier molecular flexibility index (Phi) is 4.04. The van der Waals surface area contributed by atoms with Crippen molar-refractivity contribution in [3.63, 3.8) is 0 Å². The first kappa shape index (κ1) is 17.0. The number of hydrogen-bond donors (Lipinski definition) is 1. The predicted molar refractivity (Wildman–Crippen MR) is 111 cm³/mol. The molecular weight excluding hydrogens is 336 g/mol. The lowest BCUT2D eigenvalue weighted by atomic mass is 9.99. The Balaban J connectivity index is 1.96. The summed E-state index contributed by atoms with van der Waals surface area (Å²) in [6.07, 6.45) is 0.